The number of hydrogen-bond donors (Lipinski definition) is 6. The molecule has 0 bridgehead atoms. The maximum absolute atomic E-state index is 14.1. The summed E-state index contributed by atoms with van der Waals surface area (Å²) in [4.78, 5) is 29.9. The molecule has 0 amide bonds. The predicted molar refractivity (Wildman–Crippen MR) is 437 cm³/mol. The Morgan fingerprint density at radius 2 is 0.858 bits per heavy atom. The molecule has 5 unspecified atom stereocenters. The third-order valence-electron chi connectivity index (χ3n) is 15.5. The minimum Gasteiger partial charge on any atom is -0.494 e. The van der Waals surface area contributed by atoms with Crippen LogP contribution in [0.3, 0.4) is 0 Å². The molecule has 1 aromatic heterocycles. The second-order valence-electron chi connectivity index (χ2n) is 23.1. The van der Waals surface area contributed by atoms with Gasteiger partial charge in [0.05, 0.1) is 73.8 Å². The van der Waals surface area contributed by atoms with Gasteiger partial charge in [0.15, 0.2) is 46.3 Å². The molecule has 2 heterocycles. The molecule has 0 aliphatic carbocycles. The number of nitrogens with two attached hydrogens (primary N) is 1. The highest BCUT2D eigenvalue weighted by molar-refractivity contribution is 8.24. The quantitative estimate of drug-likeness (QED) is 0.0174. The van der Waals surface area contributed by atoms with E-state index in [0.29, 0.717) is 41.5 Å². The van der Waals surface area contributed by atoms with Gasteiger partial charge in [-0.15, -0.1) is 0 Å². The maximum Gasteiger partial charge on any atom is 0.406 e. The fourth-order valence-corrected chi connectivity index (χ4v) is 12.2. The Morgan fingerprint density at radius 3 is 1.19 bits per heavy atom. The Balaban J connectivity index is 0.000000489. The lowest BCUT2D eigenvalue weighted by atomic mass is 10.2. The molecule has 24 nitrogen and oxygen atoms in total. The molecule has 1 fully saturated rings. The van der Waals surface area contributed by atoms with E-state index < -0.39 is 91.3 Å². The lowest BCUT2D eigenvalue weighted by Gasteiger charge is -2.22. The van der Waals surface area contributed by atoms with E-state index in [0.717, 1.165) is 15.7 Å². The minimum absolute atomic E-state index is 0.0405. The molecule has 1 aliphatic rings. The molecule has 8 aromatic rings. The fraction of sp³-hybridized carbons (Fsp3) is 0.378. The number of halogens is 11. The van der Waals surface area contributed by atoms with Gasteiger partial charge in [-0.2, -0.15) is 4.39 Å². The van der Waals surface area contributed by atoms with Gasteiger partial charge in [-0.1, -0.05) is 157 Å². The van der Waals surface area contributed by atoms with Crippen molar-refractivity contribution in [2.45, 2.75) is 112 Å². The Morgan fingerprint density at radius 1 is 0.504 bits per heavy atom. The third-order valence-corrected chi connectivity index (χ3v) is 19.6. The lowest BCUT2D eigenvalue weighted by Crippen LogP contribution is -2.34. The number of aliphatic hydroxyl groups excluding tert-OH is 2. The second-order valence-corrected chi connectivity index (χ2v) is 38.7. The number of nitrogens with one attached hydrogen (secondary N) is 3. The Bertz CT molecular complexity index is 4320. The highest BCUT2D eigenvalue weighted by Crippen LogP contribution is 2.61. The number of H-pyrrole nitrogens is 1. The van der Waals surface area contributed by atoms with Crippen LogP contribution in [-0.4, -0.2) is 116 Å². The van der Waals surface area contributed by atoms with Crippen molar-refractivity contribution in [1.82, 2.24) is 29.5 Å². The number of aromatic amines is 1. The summed E-state index contributed by atoms with van der Waals surface area (Å²) in [5.74, 6) is -2.80. The average molecular weight is 1790 g/mol. The van der Waals surface area contributed by atoms with Crippen molar-refractivity contribution in [2.24, 2.45) is 5.73 Å². The highest BCUT2D eigenvalue weighted by Gasteiger charge is 2.38. The number of methoxy groups -OCH3 is 4. The van der Waals surface area contributed by atoms with E-state index in [4.69, 9.17) is 77.1 Å². The Kier molecular flexibility index (Phi) is 51.0. The van der Waals surface area contributed by atoms with Crippen molar-refractivity contribution in [1.29, 1.82) is 0 Å². The molecule has 628 valence electrons. The molecule has 1 aliphatic heterocycles. The first kappa shape index (κ1) is 103. The third kappa shape index (κ3) is 43.9. The zero-order chi connectivity index (χ0) is 84.7. The minimum atomic E-state index is -4.05. The Hall–Kier alpha value is -5.75. The van der Waals surface area contributed by atoms with E-state index in [1.807, 2.05) is 71.7 Å². The van der Waals surface area contributed by atoms with Gasteiger partial charge in [0, 0.05) is 26.1 Å². The van der Waals surface area contributed by atoms with Crippen LogP contribution < -0.4 is 46.1 Å². The standard InChI is InChI=1S/C24H26F2N3O8P.C15H16ClFNO3P.C8H8Cl2FO3P.C8H9FO2.C7H9N.2C6H15N.Cl3OP/c1-34-20-8-7-16(9-17(20)25)13-35-38(33,27-11-15-5-3-2-4-6-15)36-14-21-19(30)10-22(37-21)29-12-18(26)23(31)28-24(29)32;1-20-15-8-7-13(9-14(15)17)11-21-22(16,19)18-10-12-5-3-2-4-6-12;1-13-8-3-2-6(4-7(8)11)5-14-15(9,10)12;1-11-8-3-2-6(5-10)4-7(8)9;8-6-7-4-2-1-3-5-7;2*1-4-7(5-2)6-3;1-5(2,3)4/h2-9,12,19,21-22,30H,10-11,13-14H2,1H3,(H,27,33)(H,28,31,32);2-9H,10-11H2,1H3,(H,18,19);2-4H,5H2,1H3;2-4,10H,5H2,1H3;1-5H,6,8H2;2*4-6H2,1-3H3;. The van der Waals surface area contributed by atoms with Crippen LogP contribution in [0.4, 0.5) is 22.0 Å². The van der Waals surface area contributed by atoms with Gasteiger partial charge in [-0.05, 0) is 194 Å². The van der Waals surface area contributed by atoms with Gasteiger partial charge in [-0.3, -0.25) is 37.1 Å². The Labute approximate surface area is 685 Å². The summed E-state index contributed by atoms with van der Waals surface area (Å²) in [6.07, 6.45) is -6.33. The monoisotopic (exact) mass is 1790 g/mol. The topological polar surface area (TPSA) is 303 Å². The van der Waals surface area contributed by atoms with Crippen LogP contribution in [0.1, 0.15) is 93.1 Å². The molecule has 5 atom stereocenters. The average Bonchev–Trinajstić information content (AvgIpc) is 1.72. The van der Waals surface area contributed by atoms with Gasteiger partial charge in [-0.25, -0.2) is 37.1 Å². The smallest absolute Gasteiger partial charge is 0.406 e. The van der Waals surface area contributed by atoms with E-state index in [1.54, 1.807) is 48.5 Å². The zero-order valence-corrected chi connectivity index (χ0v) is 72.0. The number of hydrogen-bond acceptors (Lipinski definition) is 20. The fourth-order valence-electron chi connectivity index (χ4n) is 9.25. The van der Waals surface area contributed by atoms with Gasteiger partial charge < -0.3 is 58.5 Å². The van der Waals surface area contributed by atoms with Crippen LogP contribution in [-0.2, 0) is 87.2 Å². The van der Waals surface area contributed by atoms with Crippen LogP contribution in [0, 0.1) is 29.1 Å². The van der Waals surface area contributed by atoms with E-state index in [1.165, 1.54) is 122 Å². The van der Waals surface area contributed by atoms with Gasteiger partial charge in [0.1, 0.15) is 12.3 Å². The summed E-state index contributed by atoms with van der Waals surface area (Å²) in [6, 6.07) is 45.4. The maximum atomic E-state index is 14.1. The van der Waals surface area contributed by atoms with Crippen molar-refractivity contribution in [3.63, 3.8) is 0 Å². The van der Waals surface area contributed by atoms with E-state index in [-0.39, 0.29) is 62.4 Å². The van der Waals surface area contributed by atoms with Crippen LogP contribution >= 0.6 is 93.3 Å². The molecular weight excluding hydrogens is 1690 g/mol. The van der Waals surface area contributed by atoms with Crippen LogP contribution in [0.15, 0.2) is 180 Å². The molecule has 0 radical (unpaired) electrons. The van der Waals surface area contributed by atoms with Crippen molar-refractivity contribution in [3.8, 4) is 23.0 Å². The van der Waals surface area contributed by atoms with Crippen LogP contribution in [0.2, 0.25) is 0 Å². The van der Waals surface area contributed by atoms with E-state index in [2.05, 4.69) is 104 Å². The molecule has 1 saturated heterocycles. The summed E-state index contributed by atoms with van der Waals surface area (Å²) in [6.45, 7) is 16.8. The molecule has 0 spiro atoms. The van der Waals surface area contributed by atoms with Crippen molar-refractivity contribution in [2.75, 3.05) is 74.3 Å². The first-order valence-corrected chi connectivity index (χ1v) is 46.6. The normalized spacial score (nSPS) is 14.5. The van der Waals surface area contributed by atoms with Gasteiger partial charge >= 0.3 is 31.6 Å². The number of aromatic nitrogens is 2. The van der Waals surface area contributed by atoms with Crippen molar-refractivity contribution >= 4 is 93.3 Å². The SMILES string of the molecule is CCN(CC)CC.CCN(CC)CC.COc1ccc(CO)cc1F.COc1ccc(COP(=O)(Cl)Cl)cc1F.COc1ccc(COP(=O)(Cl)NCc2ccccc2)cc1F.COc1ccc(COP(=O)(NCc2ccccc2)OCC2OC(n3cc(F)c(=O)[nH]c3=O)CC2O)cc1F.NCc1ccccc1.O=P(Cl)(Cl)Cl. The number of benzene rings is 7. The molecule has 9 rings (SSSR count). The predicted octanol–water partition coefficient (Wildman–Crippen LogP) is 19.0. The molecule has 0 saturated carbocycles. The number of rotatable bonds is 31. The largest absolute Gasteiger partial charge is 0.494 e. The summed E-state index contributed by atoms with van der Waals surface area (Å²) in [5, 5.41) is 21.2. The zero-order valence-electron chi connectivity index (χ0n) is 63.9. The molecule has 7 aromatic carbocycles. The highest BCUT2D eigenvalue weighted by atomic mass is 36.0. The first-order chi connectivity index (χ1) is 53.5. The van der Waals surface area contributed by atoms with Crippen LogP contribution in [0.25, 0.3) is 0 Å². The second kappa shape index (κ2) is 55.8. The molecular formula is C74H98Cl6F5N7O17P4. The van der Waals surface area contributed by atoms with Crippen molar-refractivity contribution in [3.05, 3.63) is 259 Å². The van der Waals surface area contributed by atoms with Crippen LogP contribution in [0.5, 0.6) is 23.0 Å². The van der Waals surface area contributed by atoms with Gasteiger partial charge in [0.25, 0.3) is 5.56 Å². The molecule has 39 heteroatoms. The van der Waals surface area contributed by atoms with E-state index >= 15 is 0 Å². The summed E-state index contributed by atoms with van der Waals surface area (Å²) < 4.78 is 160. The number of nitrogens with zero attached hydrogens (tertiary/aromatic N) is 3. The van der Waals surface area contributed by atoms with Gasteiger partial charge in [0.2, 0.25) is 5.82 Å². The number of aliphatic hydroxyl groups is 2. The first-order valence-electron chi connectivity index (χ1n) is 34.7. The molecule has 7 N–H and O–H groups in total. The summed E-state index contributed by atoms with van der Waals surface area (Å²) >= 11 is 30.0. The summed E-state index contributed by atoms with van der Waals surface area (Å²) in [5.41, 5.74) is 8.05. The van der Waals surface area contributed by atoms with Crippen molar-refractivity contribution < 1.29 is 92.2 Å². The lowest BCUT2D eigenvalue weighted by molar-refractivity contribution is -0.0442. The van der Waals surface area contributed by atoms with E-state index in [9.17, 15) is 54.9 Å². The number of ether oxygens (including phenoxy) is 5. The molecule has 113 heavy (non-hydrogen) atoms. The summed E-state index contributed by atoms with van der Waals surface area (Å²) in [7, 11) is 1.43.